The molecule has 94 valence electrons. The Bertz CT molecular complexity index is 438. The number of rotatable bonds is 4. The summed E-state index contributed by atoms with van der Waals surface area (Å²) in [5.74, 6) is -0.503. The normalized spacial score (nSPS) is 12.5. The van der Waals surface area contributed by atoms with Gasteiger partial charge in [0.25, 0.3) is 0 Å². The Morgan fingerprint density at radius 1 is 1.29 bits per heavy atom. The average molecular weight is 254 g/mol. The first-order valence-corrected chi connectivity index (χ1v) is 6.87. The fourth-order valence-electron chi connectivity index (χ4n) is 1.34. The Kier molecular flexibility index (Phi) is 4.87. The highest BCUT2D eigenvalue weighted by molar-refractivity contribution is 7.85. The van der Waals surface area contributed by atoms with E-state index in [4.69, 9.17) is 4.74 Å². The van der Waals surface area contributed by atoms with Crippen LogP contribution < -0.4 is 0 Å². The molecule has 17 heavy (non-hydrogen) atoms. The van der Waals surface area contributed by atoms with Crippen molar-refractivity contribution in [1.82, 2.24) is 0 Å². The van der Waals surface area contributed by atoms with Crippen LogP contribution in [0.1, 0.15) is 25.0 Å². The van der Waals surface area contributed by atoms with E-state index in [1.807, 2.05) is 26.0 Å². The molecule has 0 saturated heterocycles. The van der Waals surface area contributed by atoms with Gasteiger partial charge in [-0.2, -0.15) is 0 Å². The fourth-order valence-corrected chi connectivity index (χ4v) is 2.32. The summed E-state index contributed by atoms with van der Waals surface area (Å²) in [5.41, 5.74) is 2.23. The summed E-state index contributed by atoms with van der Waals surface area (Å²) < 4.78 is 16.9. The molecular formula is C13H18O3S. The molecular weight excluding hydrogens is 236 g/mol. The van der Waals surface area contributed by atoms with Gasteiger partial charge in [0.05, 0.1) is 16.9 Å². The molecule has 0 bridgehead atoms. The summed E-state index contributed by atoms with van der Waals surface area (Å²) in [4.78, 5) is 12.0. The van der Waals surface area contributed by atoms with E-state index in [2.05, 4.69) is 0 Å². The minimum Gasteiger partial charge on any atom is -0.462 e. The first-order chi connectivity index (χ1) is 7.90. The van der Waals surface area contributed by atoms with Crippen molar-refractivity contribution in [3.63, 3.8) is 0 Å². The van der Waals surface area contributed by atoms with Crippen LogP contribution in [0.4, 0.5) is 0 Å². The van der Waals surface area contributed by atoms with Crippen LogP contribution in [-0.4, -0.2) is 22.0 Å². The van der Waals surface area contributed by atoms with Gasteiger partial charge in [-0.25, -0.2) is 0 Å². The molecule has 0 aliphatic heterocycles. The molecule has 3 nitrogen and oxygen atoms in total. The average Bonchev–Trinajstić information content (AvgIpc) is 2.20. The Morgan fingerprint density at radius 3 is 2.47 bits per heavy atom. The van der Waals surface area contributed by atoms with Crippen LogP contribution in [0.2, 0.25) is 0 Å². The summed E-state index contributed by atoms with van der Waals surface area (Å²) >= 11 is 0. The lowest BCUT2D eigenvalue weighted by molar-refractivity contribution is -0.144. The quantitative estimate of drug-likeness (QED) is 0.775. The monoisotopic (exact) mass is 254 g/mol. The second-order valence-corrected chi connectivity index (χ2v) is 5.73. The van der Waals surface area contributed by atoms with Crippen LogP contribution in [0, 0.1) is 13.8 Å². The van der Waals surface area contributed by atoms with Crippen molar-refractivity contribution < 1.29 is 13.7 Å². The lowest BCUT2D eigenvalue weighted by Crippen LogP contribution is -2.18. The molecule has 1 rings (SSSR count). The van der Waals surface area contributed by atoms with Crippen molar-refractivity contribution in [2.75, 3.05) is 5.75 Å². The SMILES string of the molecule is Cc1ccc(S(=O)CC(=O)OC(C)C)cc1C. The van der Waals surface area contributed by atoms with Gasteiger partial charge in [-0.15, -0.1) is 0 Å². The third kappa shape index (κ3) is 4.30. The van der Waals surface area contributed by atoms with Gasteiger partial charge in [0, 0.05) is 4.90 Å². The molecule has 0 aliphatic carbocycles. The van der Waals surface area contributed by atoms with Crippen LogP contribution in [0.15, 0.2) is 23.1 Å². The second kappa shape index (κ2) is 5.96. The minimum absolute atomic E-state index is 0.0827. The molecule has 0 heterocycles. The van der Waals surface area contributed by atoms with E-state index in [-0.39, 0.29) is 11.9 Å². The lowest BCUT2D eigenvalue weighted by atomic mass is 10.1. The smallest absolute Gasteiger partial charge is 0.319 e. The van der Waals surface area contributed by atoms with E-state index in [0.29, 0.717) is 4.90 Å². The molecule has 0 aliphatic rings. The largest absolute Gasteiger partial charge is 0.462 e. The van der Waals surface area contributed by atoms with E-state index in [1.165, 1.54) is 0 Å². The van der Waals surface area contributed by atoms with E-state index >= 15 is 0 Å². The minimum atomic E-state index is -1.32. The maximum Gasteiger partial charge on any atom is 0.319 e. The molecule has 0 N–H and O–H groups in total. The number of ether oxygens (including phenoxy) is 1. The van der Waals surface area contributed by atoms with Crippen molar-refractivity contribution in [1.29, 1.82) is 0 Å². The molecule has 0 spiro atoms. The predicted octanol–water partition coefficient (Wildman–Crippen LogP) is 2.36. The highest BCUT2D eigenvalue weighted by Gasteiger charge is 2.13. The van der Waals surface area contributed by atoms with Gasteiger partial charge in [0.1, 0.15) is 5.75 Å². The number of carbonyl (C=O) groups excluding carboxylic acids is 1. The highest BCUT2D eigenvalue weighted by atomic mass is 32.2. The van der Waals surface area contributed by atoms with Crippen LogP contribution >= 0.6 is 0 Å². The third-order valence-corrected chi connectivity index (χ3v) is 3.63. The van der Waals surface area contributed by atoms with Crippen LogP contribution in [0.3, 0.4) is 0 Å². The molecule has 1 aromatic carbocycles. The van der Waals surface area contributed by atoms with Gasteiger partial charge < -0.3 is 4.74 Å². The van der Waals surface area contributed by atoms with Crippen LogP contribution in [-0.2, 0) is 20.3 Å². The van der Waals surface area contributed by atoms with Gasteiger partial charge in [0.15, 0.2) is 0 Å². The first-order valence-electron chi connectivity index (χ1n) is 5.55. The first kappa shape index (κ1) is 13.9. The highest BCUT2D eigenvalue weighted by Crippen LogP contribution is 2.13. The molecule has 0 saturated carbocycles. The van der Waals surface area contributed by atoms with E-state index in [0.717, 1.165) is 11.1 Å². The summed E-state index contributed by atoms with van der Waals surface area (Å²) in [6.07, 6.45) is -0.167. The molecule has 1 atom stereocenters. The Labute approximate surface area is 105 Å². The number of carbonyl (C=O) groups is 1. The molecule has 1 aromatic rings. The van der Waals surface area contributed by atoms with Crippen molar-refractivity contribution >= 4 is 16.8 Å². The van der Waals surface area contributed by atoms with Crippen molar-refractivity contribution in [2.45, 2.75) is 38.7 Å². The van der Waals surface area contributed by atoms with Crippen molar-refractivity contribution in [3.05, 3.63) is 29.3 Å². The zero-order chi connectivity index (χ0) is 13.0. The second-order valence-electron chi connectivity index (χ2n) is 4.27. The molecule has 1 unspecified atom stereocenters. The standard InChI is InChI=1S/C13H18O3S/c1-9(2)16-13(14)8-17(15)12-6-5-10(3)11(4)7-12/h5-7,9H,8H2,1-4H3. The predicted molar refractivity (Wildman–Crippen MR) is 68.4 cm³/mol. The topological polar surface area (TPSA) is 43.4 Å². The third-order valence-electron chi connectivity index (χ3n) is 2.36. The summed E-state index contributed by atoms with van der Waals surface area (Å²) in [5, 5.41) is 0. The Hall–Kier alpha value is -1.16. The van der Waals surface area contributed by atoms with Crippen molar-refractivity contribution in [2.24, 2.45) is 0 Å². The van der Waals surface area contributed by atoms with Gasteiger partial charge in [-0.1, -0.05) is 6.07 Å². The van der Waals surface area contributed by atoms with Gasteiger partial charge >= 0.3 is 5.97 Å². The molecule has 4 heteroatoms. The number of hydrogen-bond acceptors (Lipinski definition) is 3. The zero-order valence-corrected chi connectivity index (χ0v) is 11.5. The number of benzene rings is 1. The molecule has 0 fully saturated rings. The fraction of sp³-hybridized carbons (Fsp3) is 0.462. The Morgan fingerprint density at radius 2 is 1.94 bits per heavy atom. The maximum atomic E-state index is 11.9. The van der Waals surface area contributed by atoms with E-state index in [1.54, 1.807) is 19.9 Å². The maximum absolute atomic E-state index is 11.9. The number of aryl methyl sites for hydroxylation is 2. The Balaban J connectivity index is 2.70. The molecule has 0 aromatic heterocycles. The molecule has 0 amide bonds. The van der Waals surface area contributed by atoms with Gasteiger partial charge in [-0.3, -0.25) is 9.00 Å². The number of hydrogen-bond donors (Lipinski definition) is 0. The number of esters is 1. The van der Waals surface area contributed by atoms with Gasteiger partial charge in [-0.05, 0) is 51.0 Å². The van der Waals surface area contributed by atoms with E-state index < -0.39 is 16.8 Å². The lowest BCUT2D eigenvalue weighted by Gasteiger charge is -2.08. The summed E-state index contributed by atoms with van der Waals surface area (Å²) in [6, 6.07) is 5.56. The summed E-state index contributed by atoms with van der Waals surface area (Å²) in [6.45, 7) is 7.51. The van der Waals surface area contributed by atoms with Crippen molar-refractivity contribution in [3.8, 4) is 0 Å². The van der Waals surface area contributed by atoms with Crippen LogP contribution in [0.25, 0.3) is 0 Å². The zero-order valence-electron chi connectivity index (χ0n) is 10.6. The van der Waals surface area contributed by atoms with Gasteiger partial charge in [0.2, 0.25) is 0 Å². The molecule has 0 radical (unpaired) electrons. The van der Waals surface area contributed by atoms with E-state index in [9.17, 15) is 9.00 Å². The summed E-state index contributed by atoms with van der Waals surface area (Å²) in [7, 11) is -1.32. The van der Waals surface area contributed by atoms with Crippen LogP contribution in [0.5, 0.6) is 0 Å².